The number of pyridine rings is 1. The number of amides is 1. The zero-order chi connectivity index (χ0) is 18.5. The van der Waals surface area contributed by atoms with Crippen LogP contribution in [0.1, 0.15) is 10.5 Å². The zero-order valence-electron chi connectivity index (χ0n) is 14.7. The molecule has 0 bridgehead atoms. The van der Waals surface area contributed by atoms with Crippen molar-refractivity contribution in [2.45, 2.75) is 0 Å². The lowest BCUT2D eigenvalue weighted by atomic mass is 10.1. The molecule has 0 unspecified atom stereocenters. The summed E-state index contributed by atoms with van der Waals surface area (Å²) in [4.78, 5) is 28.8. The first kappa shape index (κ1) is 17.5. The van der Waals surface area contributed by atoms with Crippen molar-refractivity contribution in [3.8, 4) is 11.5 Å². The Labute approximate surface area is 151 Å². The van der Waals surface area contributed by atoms with Crippen LogP contribution in [0.5, 0.6) is 11.5 Å². The Morgan fingerprint density at radius 1 is 1.08 bits per heavy atom. The van der Waals surface area contributed by atoms with Crippen LogP contribution in [0.2, 0.25) is 0 Å². The SMILES string of the molecule is COc1ccc(OCCN(C)C(=O)c2cc3ccccc3c(=O)[nH]2)cc1. The number of hydrogen-bond donors (Lipinski definition) is 1. The highest BCUT2D eigenvalue weighted by Gasteiger charge is 2.14. The van der Waals surface area contributed by atoms with Crippen LogP contribution in [0.25, 0.3) is 10.8 Å². The van der Waals surface area contributed by atoms with Crippen molar-refractivity contribution >= 4 is 16.7 Å². The summed E-state index contributed by atoms with van der Waals surface area (Å²) in [6.45, 7) is 0.728. The van der Waals surface area contributed by atoms with E-state index in [2.05, 4.69) is 4.98 Å². The van der Waals surface area contributed by atoms with Crippen LogP contribution in [-0.4, -0.2) is 43.1 Å². The first-order chi connectivity index (χ1) is 12.6. The molecule has 0 atom stereocenters. The van der Waals surface area contributed by atoms with Gasteiger partial charge in [0.15, 0.2) is 0 Å². The lowest BCUT2D eigenvalue weighted by molar-refractivity contribution is 0.0768. The zero-order valence-corrected chi connectivity index (χ0v) is 14.7. The fourth-order valence-electron chi connectivity index (χ4n) is 2.61. The van der Waals surface area contributed by atoms with E-state index in [4.69, 9.17) is 9.47 Å². The van der Waals surface area contributed by atoms with Gasteiger partial charge in [0.1, 0.15) is 23.8 Å². The molecule has 0 saturated heterocycles. The number of aromatic nitrogens is 1. The van der Waals surface area contributed by atoms with E-state index in [1.54, 1.807) is 32.4 Å². The summed E-state index contributed by atoms with van der Waals surface area (Å²) < 4.78 is 10.7. The highest BCUT2D eigenvalue weighted by molar-refractivity contribution is 5.96. The van der Waals surface area contributed by atoms with Crippen LogP contribution in [0.15, 0.2) is 59.4 Å². The number of fused-ring (bicyclic) bond motifs is 1. The Bertz CT molecular complexity index is 963. The van der Waals surface area contributed by atoms with Crippen molar-refractivity contribution in [2.75, 3.05) is 27.3 Å². The molecule has 6 nitrogen and oxygen atoms in total. The predicted octanol–water partition coefficient (Wildman–Crippen LogP) is 2.69. The lowest BCUT2D eigenvalue weighted by Gasteiger charge is -2.17. The predicted molar refractivity (Wildman–Crippen MR) is 100 cm³/mol. The van der Waals surface area contributed by atoms with Gasteiger partial charge in [-0.3, -0.25) is 9.59 Å². The summed E-state index contributed by atoms with van der Waals surface area (Å²) in [6.07, 6.45) is 0. The number of methoxy groups -OCH3 is 1. The number of aromatic amines is 1. The Morgan fingerprint density at radius 3 is 2.50 bits per heavy atom. The minimum absolute atomic E-state index is 0.258. The molecule has 134 valence electrons. The van der Waals surface area contributed by atoms with E-state index < -0.39 is 0 Å². The van der Waals surface area contributed by atoms with E-state index in [0.29, 0.717) is 24.3 Å². The normalized spacial score (nSPS) is 10.5. The van der Waals surface area contributed by atoms with Crippen LogP contribution >= 0.6 is 0 Å². The Morgan fingerprint density at radius 2 is 1.77 bits per heavy atom. The van der Waals surface area contributed by atoms with Gasteiger partial charge in [0.25, 0.3) is 11.5 Å². The molecule has 0 spiro atoms. The van der Waals surface area contributed by atoms with Gasteiger partial charge in [0.05, 0.1) is 13.7 Å². The van der Waals surface area contributed by atoms with Gasteiger partial charge in [-0.05, 0) is 41.8 Å². The van der Waals surface area contributed by atoms with Gasteiger partial charge in [-0.2, -0.15) is 0 Å². The third-order valence-electron chi connectivity index (χ3n) is 4.09. The minimum atomic E-state index is -0.269. The summed E-state index contributed by atoms with van der Waals surface area (Å²) in [5.74, 6) is 1.20. The Kier molecular flexibility index (Phi) is 5.22. The molecule has 0 aliphatic rings. The molecule has 0 saturated carbocycles. The number of carbonyl (C=O) groups is 1. The average molecular weight is 352 g/mol. The molecule has 0 aliphatic heterocycles. The second-order valence-electron chi connectivity index (χ2n) is 5.85. The molecule has 0 radical (unpaired) electrons. The molecule has 3 aromatic rings. The number of ether oxygens (including phenoxy) is 2. The van der Waals surface area contributed by atoms with E-state index in [0.717, 1.165) is 11.1 Å². The molecule has 3 rings (SSSR count). The average Bonchev–Trinajstić information content (AvgIpc) is 2.67. The number of nitrogens with zero attached hydrogens (tertiary/aromatic N) is 1. The third kappa shape index (κ3) is 3.85. The second kappa shape index (κ2) is 7.74. The number of carbonyl (C=O) groups excluding carboxylic acids is 1. The molecule has 1 amide bonds. The molecule has 26 heavy (non-hydrogen) atoms. The van der Waals surface area contributed by atoms with Gasteiger partial charge in [-0.1, -0.05) is 18.2 Å². The van der Waals surface area contributed by atoms with Crippen molar-refractivity contribution in [1.82, 2.24) is 9.88 Å². The third-order valence-corrected chi connectivity index (χ3v) is 4.09. The molecule has 1 N–H and O–H groups in total. The topological polar surface area (TPSA) is 71.6 Å². The van der Waals surface area contributed by atoms with Gasteiger partial charge in [-0.15, -0.1) is 0 Å². The fourth-order valence-corrected chi connectivity index (χ4v) is 2.61. The van der Waals surface area contributed by atoms with Gasteiger partial charge in [0, 0.05) is 12.4 Å². The molecule has 0 fully saturated rings. The molecule has 1 heterocycles. The highest BCUT2D eigenvalue weighted by atomic mass is 16.5. The van der Waals surface area contributed by atoms with Gasteiger partial charge in [-0.25, -0.2) is 0 Å². The van der Waals surface area contributed by atoms with E-state index in [1.165, 1.54) is 4.90 Å². The number of hydrogen-bond acceptors (Lipinski definition) is 4. The van der Waals surface area contributed by atoms with Crippen molar-refractivity contribution in [3.63, 3.8) is 0 Å². The molecule has 1 aromatic heterocycles. The van der Waals surface area contributed by atoms with Crippen molar-refractivity contribution in [1.29, 1.82) is 0 Å². The van der Waals surface area contributed by atoms with Crippen LogP contribution in [0.3, 0.4) is 0 Å². The summed E-state index contributed by atoms with van der Waals surface area (Å²) in [5.41, 5.74) is -0.00465. The monoisotopic (exact) mass is 352 g/mol. The maximum atomic E-state index is 12.6. The largest absolute Gasteiger partial charge is 0.497 e. The molecule has 6 heteroatoms. The number of benzene rings is 2. The van der Waals surface area contributed by atoms with Crippen molar-refractivity contribution in [2.24, 2.45) is 0 Å². The second-order valence-corrected chi connectivity index (χ2v) is 5.85. The van der Waals surface area contributed by atoms with E-state index in [1.807, 2.05) is 36.4 Å². The first-order valence-electron chi connectivity index (χ1n) is 8.23. The van der Waals surface area contributed by atoms with Gasteiger partial charge in [0.2, 0.25) is 0 Å². The molecule has 2 aromatic carbocycles. The lowest BCUT2D eigenvalue weighted by Crippen LogP contribution is -2.32. The molecule has 0 aliphatic carbocycles. The number of H-pyrrole nitrogens is 1. The van der Waals surface area contributed by atoms with Crippen LogP contribution in [0, 0.1) is 0 Å². The van der Waals surface area contributed by atoms with Crippen LogP contribution in [0.4, 0.5) is 0 Å². The quantitative estimate of drug-likeness (QED) is 0.740. The van der Waals surface area contributed by atoms with Gasteiger partial charge < -0.3 is 19.4 Å². The van der Waals surface area contributed by atoms with E-state index in [-0.39, 0.29) is 17.2 Å². The van der Waals surface area contributed by atoms with Gasteiger partial charge >= 0.3 is 0 Å². The fraction of sp³-hybridized carbons (Fsp3) is 0.200. The Hall–Kier alpha value is -3.28. The minimum Gasteiger partial charge on any atom is -0.497 e. The van der Waals surface area contributed by atoms with Crippen LogP contribution < -0.4 is 15.0 Å². The molecular formula is C20H20N2O4. The number of rotatable bonds is 6. The summed E-state index contributed by atoms with van der Waals surface area (Å²) >= 11 is 0. The van der Waals surface area contributed by atoms with E-state index >= 15 is 0 Å². The maximum absolute atomic E-state index is 12.6. The van der Waals surface area contributed by atoms with Crippen molar-refractivity contribution < 1.29 is 14.3 Å². The summed E-state index contributed by atoms with van der Waals surface area (Å²) in [7, 11) is 3.28. The molecular weight excluding hydrogens is 332 g/mol. The number of nitrogens with one attached hydrogen (secondary N) is 1. The first-order valence-corrected chi connectivity index (χ1v) is 8.23. The van der Waals surface area contributed by atoms with Crippen LogP contribution in [-0.2, 0) is 0 Å². The van der Waals surface area contributed by atoms with Crippen molar-refractivity contribution in [3.05, 3.63) is 70.6 Å². The number of likely N-dealkylation sites (N-methyl/N-ethyl adjacent to an activating group) is 1. The standard InChI is InChI=1S/C20H20N2O4/c1-22(11-12-26-16-9-7-15(25-2)8-10-16)20(24)18-13-14-5-3-4-6-17(14)19(23)21-18/h3-10,13H,11-12H2,1-2H3,(H,21,23). The smallest absolute Gasteiger partial charge is 0.270 e. The highest BCUT2D eigenvalue weighted by Crippen LogP contribution is 2.17. The van der Waals surface area contributed by atoms with E-state index in [9.17, 15) is 9.59 Å². The summed E-state index contributed by atoms with van der Waals surface area (Å²) in [5, 5.41) is 1.30. The maximum Gasteiger partial charge on any atom is 0.270 e. The summed E-state index contributed by atoms with van der Waals surface area (Å²) in [6, 6.07) is 16.1. The Balaban J connectivity index is 1.63.